The van der Waals surface area contributed by atoms with Gasteiger partial charge in [0.15, 0.2) is 5.13 Å². The van der Waals surface area contributed by atoms with E-state index in [1.165, 1.54) is 17.0 Å². The molecule has 2 rings (SSSR count). The van der Waals surface area contributed by atoms with Crippen molar-refractivity contribution in [3.63, 3.8) is 0 Å². The molecule has 0 saturated heterocycles. The molecule has 0 aromatic carbocycles. The molecule has 1 heterocycles. The van der Waals surface area contributed by atoms with Crippen molar-refractivity contribution >= 4 is 16.5 Å². The van der Waals surface area contributed by atoms with E-state index in [9.17, 15) is 0 Å². The normalized spacial score (nSPS) is 20.1. The number of thiazole rings is 1. The molecule has 1 atom stereocenters. The first-order valence-electron chi connectivity index (χ1n) is 5.60. The number of aryl methyl sites for hydroxylation is 1. The fraction of sp³-hybridized carbons (Fsp3) is 0.727. The van der Waals surface area contributed by atoms with Crippen molar-refractivity contribution < 1.29 is 0 Å². The number of fused-ring (bicyclic) bond motifs is 1. The lowest BCUT2D eigenvalue weighted by molar-refractivity contribution is 0.471. The van der Waals surface area contributed by atoms with E-state index in [1.54, 1.807) is 0 Å². The molecule has 0 saturated carbocycles. The van der Waals surface area contributed by atoms with Gasteiger partial charge in [-0.05, 0) is 25.8 Å². The number of aromatic nitrogens is 1. The average molecular weight is 225 g/mol. The molecule has 1 aliphatic rings. The maximum atomic E-state index is 4.66. The third-order valence-corrected chi connectivity index (χ3v) is 4.09. The van der Waals surface area contributed by atoms with E-state index in [0.717, 1.165) is 24.5 Å². The van der Waals surface area contributed by atoms with Crippen molar-refractivity contribution in [3.05, 3.63) is 10.6 Å². The number of hydrogen-bond acceptors (Lipinski definition) is 4. The van der Waals surface area contributed by atoms with Crippen molar-refractivity contribution in [2.45, 2.75) is 32.2 Å². The van der Waals surface area contributed by atoms with Gasteiger partial charge in [-0.1, -0.05) is 6.92 Å². The first-order valence-corrected chi connectivity index (χ1v) is 6.41. The molecule has 1 unspecified atom stereocenters. The lowest BCUT2D eigenvalue weighted by atomic mass is 9.98. The van der Waals surface area contributed by atoms with Crippen LogP contribution in [-0.4, -0.2) is 31.7 Å². The topological polar surface area (TPSA) is 28.2 Å². The molecule has 15 heavy (non-hydrogen) atoms. The van der Waals surface area contributed by atoms with Gasteiger partial charge in [-0.15, -0.1) is 11.3 Å². The Morgan fingerprint density at radius 1 is 1.53 bits per heavy atom. The van der Waals surface area contributed by atoms with Crippen LogP contribution in [-0.2, 0) is 12.8 Å². The first kappa shape index (κ1) is 10.9. The number of nitrogens with one attached hydrogen (secondary N) is 1. The number of rotatable bonds is 3. The molecule has 0 bridgehead atoms. The fourth-order valence-corrected chi connectivity index (χ4v) is 3.12. The summed E-state index contributed by atoms with van der Waals surface area (Å²) in [6, 6.07) is 0.665. The summed E-state index contributed by atoms with van der Waals surface area (Å²) in [5.74, 6) is 0. The first-order chi connectivity index (χ1) is 7.20. The third-order valence-electron chi connectivity index (χ3n) is 2.80. The highest BCUT2D eigenvalue weighted by atomic mass is 32.1. The van der Waals surface area contributed by atoms with Crippen molar-refractivity contribution in [2.24, 2.45) is 0 Å². The van der Waals surface area contributed by atoms with Crippen LogP contribution in [0.2, 0.25) is 0 Å². The summed E-state index contributed by atoms with van der Waals surface area (Å²) in [5, 5.41) is 4.68. The summed E-state index contributed by atoms with van der Waals surface area (Å²) in [7, 11) is 4.12. The number of anilines is 1. The molecular formula is C11H19N3S. The predicted molar refractivity (Wildman–Crippen MR) is 65.9 cm³/mol. The second kappa shape index (κ2) is 4.49. The quantitative estimate of drug-likeness (QED) is 0.848. The molecule has 0 amide bonds. The molecule has 1 N–H and O–H groups in total. The van der Waals surface area contributed by atoms with Crippen molar-refractivity contribution in [1.29, 1.82) is 0 Å². The van der Waals surface area contributed by atoms with E-state index in [1.807, 2.05) is 11.3 Å². The van der Waals surface area contributed by atoms with Gasteiger partial charge in [0.25, 0.3) is 0 Å². The van der Waals surface area contributed by atoms with Crippen LogP contribution in [0.25, 0.3) is 0 Å². The van der Waals surface area contributed by atoms with E-state index >= 15 is 0 Å². The second-order valence-corrected chi connectivity index (χ2v) is 5.32. The van der Waals surface area contributed by atoms with Crippen LogP contribution in [0.4, 0.5) is 5.13 Å². The second-order valence-electron chi connectivity index (χ2n) is 4.26. The maximum Gasteiger partial charge on any atom is 0.185 e. The van der Waals surface area contributed by atoms with Gasteiger partial charge in [0.05, 0.1) is 5.69 Å². The molecular weight excluding hydrogens is 206 g/mol. The van der Waals surface area contributed by atoms with Gasteiger partial charge >= 0.3 is 0 Å². The van der Waals surface area contributed by atoms with Crippen LogP contribution in [0.1, 0.15) is 23.9 Å². The number of likely N-dealkylation sites (N-methyl/N-ethyl adjacent to an activating group) is 1. The van der Waals surface area contributed by atoms with Gasteiger partial charge in [-0.3, -0.25) is 0 Å². The summed E-state index contributed by atoms with van der Waals surface area (Å²) in [4.78, 5) is 8.25. The summed E-state index contributed by atoms with van der Waals surface area (Å²) in [6.45, 7) is 3.24. The zero-order valence-electron chi connectivity index (χ0n) is 9.71. The summed E-state index contributed by atoms with van der Waals surface area (Å²) >= 11 is 1.85. The Labute approximate surface area is 95.5 Å². The third kappa shape index (κ3) is 2.32. The van der Waals surface area contributed by atoms with Crippen molar-refractivity contribution in [3.8, 4) is 0 Å². The van der Waals surface area contributed by atoms with Gasteiger partial charge in [0.2, 0.25) is 0 Å². The Morgan fingerprint density at radius 2 is 2.33 bits per heavy atom. The van der Waals surface area contributed by atoms with Crippen LogP contribution < -0.4 is 10.2 Å². The Kier molecular flexibility index (Phi) is 3.26. The Morgan fingerprint density at radius 3 is 3.00 bits per heavy atom. The van der Waals surface area contributed by atoms with Crippen LogP contribution in [0.5, 0.6) is 0 Å². The zero-order valence-corrected chi connectivity index (χ0v) is 10.5. The largest absolute Gasteiger partial charge is 0.354 e. The van der Waals surface area contributed by atoms with Gasteiger partial charge in [-0.25, -0.2) is 4.98 Å². The molecule has 3 nitrogen and oxygen atoms in total. The van der Waals surface area contributed by atoms with Gasteiger partial charge < -0.3 is 10.2 Å². The van der Waals surface area contributed by atoms with Gasteiger partial charge in [-0.2, -0.15) is 0 Å². The average Bonchev–Trinajstić information content (AvgIpc) is 2.61. The Bertz CT molecular complexity index is 333. The SMILES string of the molecule is CCNC1CCc2nc(N(C)C)sc2C1. The van der Waals surface area contributed by atoms with Gasteiger partial charge in [0, 0.05) is 25.0 Å². The number of hydrogen-bond donors (Lipinski definition) is 1. The number of nitrogens with zero attached hydrogens (tertiary/aromatic N) is 2. The maximum absolute atomic E-state index is 4.66. The Balaban J connectivity index is 2.12. The zero-order chi connectivity index (χ0) is 10.8. The van der Waals surface area contributed by atoms with Gasteiger partial charge in [0.1, 0.15) is 0 Å². The molecule has 1 aliphatic carbocycles. The molecule has 0 spiro atoms. The van der Waals surface area contributed by atoms with E-state index in [-0.39, 0.29) is 0 Å². The molecule has 0 fully saturated rings. The fourth-order valence-electron chi connectivity index (χ4n) is 2.02. The monoisotopic (exact) mass is 225 g/mol. The minimum Gasteiger partial charge on any atom is -0.354 e. The van der Waals surface area contributed by atoms with E-state index in [4.69, 9.17) is 0 Å². The van der Waals surface area contributed by atoms with E-state index < -0.39 is 0 Å². The molecule has 84 valence electrons. The molecule has 1 aromatic rings. The van der Waals surface area contributed by atoms with Crippen molar-refractivity contribution in [1.82, 2.24) is 10.3 Å². The minimum absolute atomic E-state index is 0.665. The van der Waals surface area contributed by atoms with Crippen LogP contribution >= 0.6 is 11.3 Å². The molecule has 0 aliphatic heterocycles. The van der Waals surface area contributed by atoms with E-state index in [2.05, 4.69) is 36.2 Å². The summed E-state index contributed by atoms with van der Waals surface area (Å²) in [5.41, 5.74) is 1.33. The smallest absolute Gasteiger partial charge is 0.185 e. The lowest BCUT2D eigenvalue weighted by Gasteiger charge is -2.21. The highest BCUT2D eigenvalue weighted by Crippen LogP contribution is 2.30. The van der Waals surface area contributed by atoms with Crippen LogP contribution in [0, 0.1) is 0 Å². The van der Waals surface area contributed by atoms with E-state index in [0.29, 0.717) is 6.04 Å². The van der Waals surface area contributed by atoms with Crippen molar-refractivity contribution in [2.75, 3.05) is 25.5 Å². The Hall–Kier alpha value is -0.610. The minimum atomic E-state index is 0.665. The molecule has 1 aromatic heterocycles. The summed E-state index contributed by atoms with van der Waals surface area (Å²) < 4.78 is 0. The molecule has 4 heteroatoms. The predicted octanol–water partition coefficient (Wildman–Crippen LogP) is 1.68. The highest BCUT2D eigenvalue weighted by molar-refractivity contribution is 7.15. The lowest BCUT2D eigenvalue weighted by Crippen LogP contribution is -2.33. The van der Waals surface area contributed by atoms with Crippen LogP contribution in [0.3, 0.4) is 0 Å². The van der Waals surface area contributed by atoms with Crippen LogP contribution in [0.15, 0.2) is 0 Å². The molecule has 0 radical (unpaired) electrons. The highest BCUT2D eigenvalue weighted by Gasteiger charge is 2.22. The summed E-state index contributed by atoms with van der Waals surface area (Å²) in [6.07, 6.45) is 3.53. The standard InChI is InChI=1S/C11H19N3S/c1-4-12-8-5-6-9-10(7-8)15-11(13-9)14(2)3/h8,12H,4-7H2,1-3H3.